The molecule has 6 nitrogen and oxygen atoms in total. The Morgan fingerprint density at radius 2 is 1.86 bits per heavy atom. The molecule has 0 fully saturated rings. The molecule has 21 heavy (non-hydrogen) atoms. The number of hydrogen-bond acceptors (Lipinski definition) is 5. The zero-order chi connectivity index (χ0) is 15.2. The predicted molar refractivity (Wildman–Crippen MR) is 78.7 cm³/mol. The van der Waals surface area contributed by atoms with E-state index in [2.05, 4.69) is 5.32 Å². The molecule has 0 atom stereocenters. The van der Waals surface area contributed by atoms with Gasteiger partial charge in [0.05, 0.1) is 5.56 Å². The number of aromatic hydroxyl groups is 2. The second-order valence-corrected chi connectivity index (χ2v) is 4.29. The summed E-state index contributed by atoms with van der Waals surface area (Å²) in [5, 5.41) is 21.6. The molecule has 0 aliphatic rings. The van der Waals surface area contributed by atoms with Crippen molar-refractivity contribution in [2.45, 2.75) is 0 Å². The van der Waals surface area contributed by atoms with Crippen LogP contribution < -0.4 is 15.8 Å². The zero-order valence-electron chi connectivity index (χ0n) is 11.2. The van der Waals surface area contributed by atoms with Crippen molar-refractivity contribution in [3.8, 4) is 17.2 Å². The van der Waals surface area contributed by atoms with Crippen LogP contribution in [0.15, 0.2) is 42.5 Å². The fourth-order valence-electron chi connectivity index (χ4n) is 1.72. The predicted octanol–water partition coefficient (Wildman–Crippen LogP) is 1.69. The van der Waals surface area contributed by atoms with E-state index in [0.29, 0.717) is 24.6 Å². The number of benzene rings is 2. The third-order valence-electron chi connectivity index (χ3n) is 2.76. The number of amides is 1. The second-order valence-electron chi connectivity index (χ2n) is 4.29. The number of phenolic OH excluding ortho intramolecular Hbond substituents is 2. The van der Waals surface area contributed by atoms with E-state index in [0.717, 1.165) is 0 Å². The molecule has 5 N–H and O–H groups in total. The standard InChI is InChI=1S/C15H16N2O4/c16-8-9-21-11-6-4-10(5-7-11)17-15(20)12-2-1-3-13(18)14(12)19/h1-7,18-19H,8-9,16H2,(H,17,20). The van der Waals surface area contributed by atoms with E-state index >= 15 is 0 Å². The molecule has 1 amide bonds. The van der Waals surface area contributed by atoms with Crippen LogP contribution in [0.2, 0.25) is 0 Å². The maximum atomic E-state index is 12.0. The third kappa shape index (κ3) is 3.64. The molecule has 2 aromatic carbocycles. The van der Waals surface area contributed by atoms with Crippen LogP contribution >= 0.6 is 0 Å². The maximum Gasteiger partial charge on any atom is 0.259 e. The summed E-state index contributed by atoms with van der Waals surface area (Å²) in [6.45, 7) is 0.845. The van der Waals surface area contributed by atoms with Gasteiger partial charge < -0.3 is 26.0 Å². The Balaban J connectivity index is 2.07. The van der Waals surface area contributed by atoms with Gasteiger partial charge in [-0.05, 0) is 36.4 Å². The summed E-state index contributed by atoms with van der Waals surface area (Å²) >= 11 is 0. The topological polar surface area (TPSA) is 105 Å². The molecule has 2 rings (SSSR count). The molecule has 0 aliphatic heterocycles. The van der Waals surface area contributed by atoms with Gasteiger partial charge in [0.25, 0.3) is 5.91 Å². The molecular weight excluding hydrogens is 272 g/mol. The summed E-state index contributed by atoms with van der Waals surface area (Å²) in [5.41, 5.74) is 5.88. The molecule has 0 aliphatic carbocycles. The highest BCUT2D eigenvalue weighted by molar-refractivity contribution is 6.06. The number of ether oxygens (including phenoxy) is 1. The summed E-state index contributed by atoms with van der Waals surface area (Å²) in [5.74, 6) is -0.649. The van der Waals surface area contributed by atoms with E-state index in [1.54, 1.807) is 24.3 Å². The van der Waals surface area contributed by atoms with Crippen LogP contribution in [0.4, 0.5) is 5.69 Å². The first kappa shape index (κ1) is 14.7. The van der Waals surface area contributed by atoms with E-state index in [1.807, 2.05) is 0 Å². The van der Waals surface area contributed by atoms with Crippen molar-refractivity contribution in [1.82, 2.24) is 0 Å². The van der Waals surface area contributed by atoms with Gasteiger partial charge in [-0.3, -0.25) is 4.79 Å². The minimum Gasteiger partial charge on any atom is -0.504 e. The number of rotatable bonds is 5. The number of carbonyl (C=O) groups is 1. The first-order chi connectivity index (χ1) is 10.1. The highest BCUT2D eigenvalue weighted by Crippen LogP contribution is 2.28. The molecule has 0 unspecified atom stereocenters. The van der Waals surface area contributed by atoms with Crippen molar-refractivity contribution in [3.05, 3.63) is 48.0 Å². The highest BCUT2D eigenvalue weighted by Gasteiger charge is 2.13. The Morgan fingerprint density at radius 1 is 1.14 bits per heavy atom. The number of phenols is 2. The lowest BCUT2D eigenvalue weighted by atomic mass is 10.1. The Morgan fingerprint density at radius 3 is 2.52 bits per heavy atom. The van der Waals surface area contributed by atoms with Crippen LogP contribution in [-0.4, -0.2) is 29.3 Å². The lowest BCUT2D eigenvalue weighted by Crippen LogP contribution is -2.12. The van der Waals surface area contributed by atoms with Crippen LogP contribution in [0.3, 0.4) is 0 Å². The van der Waals surface area contributed by atoms with Gasteiger partial charge in [0, 0.05) is 12.2 Å². The second kappa shape index (κ2) is 6.62. The lowest BCUT2D eigenvalue weighted by Gasteiger charge is -2.09. The summed E-state index contributed by atoms with van der Waals surface area (Å²) in [4.78, 5) is 12.0. The number of nitrogens with one attached hydrogen (secondary N) is 1. The number of para-hydroxylation sites is 1. The van der Waals surface area contributed by atoms with E-state index in [9.17, 15) is 15.0 Å². The number of anilines is 1. The van der Waals surface area contributed by atoms with E-state index in [-0.39, 0.29) is 11.3 Å². The normalized spacial score (nSPS) is 10.1. The lowest BCUT2D eigenvalue weighted by molar-refractivity contribution is 0.102. The van der Waals surface area contributed by atoms with Crippen LogP contribution in [-0.2, 0) is 0 Å². The first-order valence-corrected chi connectivity index (χ1v) is 6.37. The number of carbonyl (C=O) groups excluding carboxylic acids is 1. The van der Waals surface area contributed by atoms with Gasteiger partial charge in [0.2, 0.25) is 0 Å². The fourth-order valence-corrected chi connectivity index (χ4v) is 1.72. The molecule has 0 aromatic heterocycles. The minimum atomic E-state index is -0.515. The van der Waals surface area contributed by atoms with Crippen molar-refractivity contribution < 1.29 is 19.7 Å². The molecule has 0 bridgehead atoms. The van der Waals surface area contributed by atoms with Gasteiger partial charge in [-0.15, -0.1) is 0 Å². The average molecular weight is 288 g/mol. The molecule has 0 saturated heterocycles. The van der Waals surface area contributed by atoms with Gasteiger partial charge in [-0.2, -0.15) is 0 Å². The first-order valence-electron chi connectivity index (χ1n) is 6.37. The van der Waals surface area contributed by atoms with Crippen molar-refractivity contribution >= 4 is 11.6 Å². The Kier molecular flexibility index (Phi) is 4.63. The van der Waals surface area contributed by atoms with Crippen molar-refractivity contribution in [1.29, 1.82) is 0 Å². The van der Waals surface area contributed by atoms with Gasteiger partial charge in [-0.25, -0.2) is 0 Å². The maximum absolute atomic E-state index is 12.0. The van der Waals surface area contributed by atoms with Gasteiger partial charge in [-0.1, -0.05) is 6.07 Å². The monoisotopic (exact) mass is 288 g/mol. The van der Waals surface area contributed by atoms with Crippen molar-refractivity contribution in [3.63, 3.8) is 0 Å². The third-order valence-corrected chi connectivity index (χ3v) is 2.76. The van der Waals surface area contributed by atoms with E-state index in [1.165, 1.54) is 18.2 Å². The summed E-state index contributed by atoms with van der Waals surface area (Å²) in [7, 11) is 0. The summed E-state index contributed by atoms with van der Waals surface area (Å²) in [6.07, 6.45) is 0. The Bertz CT molecular complexity index is 626. The Hall–Kier alpha value is -2.73. The Labute approximate surface area is 121 Å². The van der Waals surface area contributed by atoms with Gasteiger partial charge >= 0.3 is 0 Å². The largest absolute Gasteiger partial charge is 0.504 e. The quantitative estimate of drug-likeness (QED) is 0.627. The van der Waals surface area contributed by atoms with Crippen LogP contribution in [0.25, 0.3) is 0 Å². The molecule has 0 saturated carbocycles. The van der Waals surface area contributed by atoms with Crippen molar-refractivity contribution in [2.24, 2.45) is 5.73 Å². The van der Waals surface area contributed by atoms with Crippen LogP contribution in [0.1, 0.15) is 10.4 Å². The van der Waals surface area contributed by atoms with E-state index < -0.39 is 11.7 Å². The van der Waals surface area contributed by atoms with E-state index in [4.69, 9.17) is 10.5 Å². The number of nitrogens with two attached hydrogens (primary N) is 1. The molecule has 6 heteroatoms. The van der Waals surface area contributed by atoms with Gasteiger partial charge in [0.15, 0.2) is 11.5 Å². The summed E-state index contributed by atoms with van der Waals surface area (Å²) < 4.78 is 5.32. The van der Waals surface area contributed by atoms with Crippen LogP contribution in [0.5, 0.6) is 17.2 Å². The molecule has 0 radical (unpaired) electrons. The van der Waals surface area contributed by atoms with Gasteiger partial charge in [0.1, 0.15) is 12.4 Å². The SMILES string of the molecule is NCCOc1ccc(NC(=O)c2cccc(O)c2O)cc1. The van der Waals surface area contributed by atoms with Crippen LogP contribution in [0, 0.1) is 0 Å². The highest BCUT2D eigenvalue weighted by atomic mass is 16.5. The molecule has 110 valence electrons. The van der Waals surface area contributed by atoms with Crippen molar-refractivity contribution in [2.75, 3.05) is 18.5 Å². The summed E-state index contributed by atoms with van der Waals surface area (Å²) in [6, 6.07) is 10.9. The number of hydrogen-bond donors (Lipinski definition) is 4. The molecule has 2 aromatic rings. The fraction of sp³-hybridized carbons (Fsp3) is 0.133. The minimum absolute atomic E-state index is 0.00143. The average Bonchev–Trinajstić information content (AvgIpc) is 2.49. The molecular formula is C15H16N2O4. The zero-order valence-corrected chi connectivity index (χ0v) is 11.2. The molecule has 0 heterocycles. The smallest absolute Gasteiger partial charge is 0.259 e. The molecule has 0 spiro atoms.